The molecule has 114 valence electrons. The Bertz CT molecular complexity index is 539. The molecule has 0 saturated carbocycles. The SMILES string of the molecule is CN(C)C(C)(C)CNS(=O)(=O)Cc1ccccc1CN. The molecule has 0 atom stereocenters. The van der Waals surface area contributed by atoms with Crippen LogP contribution in [0.3, 0.4) is 0 Å². The first-order valence-corrected chi connectivity index (χ1v) is 8.25. The number of hydrogen-bond donors (Lipinski definition) is 2. The summed E-state index contributed by atoms with van der Waals surface area (Å²) in [6.45, 7) is 4.69. The Kier molecular flexibility index (Phi) is 5.70. The van der Waals surface area contributed by atoms with Crippen molar-refractivity contribution in [3.63, 3.8) is 0 Å². The van der Waals surface area contributed by atoms with Crippen molar-refractivity contribution < 1.29 is 8.42 Å². The molecule has 0 radical (unpaired) electrons. The van der Waals surface area contributed by atoms with Crippen LogP contribution in [-0.4, -0.2) is 39.5 Å². The quantitative estimate of drug-likeness (QED) is 0.784. The first-order valence-electron chi connectivity index (χ1n) is 6.59. The summed E-state index contributed by atoms with van der Waals surface area (Å²) < 4.78 is 27.0. The number of nitrogens with one attached hydrogen (secondary N) is 1. The smallest absolute Gasteiger partial charge is 0.215 e. The van der Waals surface area contributed by atoms with Gasteiger partial charge >= 0.3 is 0 Å². The van der Waals surface area contributed by atoms with Crippen molar-refractivity contribution in [2.45, 2.75) is 31.7 Å². The normalized spacial score (nSPS) is 12.9. The Morgan fingerprint density at radius 1 is 1.20 bits per heavy atom. The molecular weight excluding hydrogens is 274 g/mol. The van der Waals surface area contributed by atoms with Crippen LogP contribution in [-0.2, 0) is 22.3 Å². The minimum absolute atomic E-state index is 0.0378. The van der Waals surface area contributed by atoms with Gasteiger partial charge in [-0.15, -0.1) is 0 Å². The van der Waals surface area contributed by atoms with Crippen LogP contribution in [0.5, 0.6) is 0 Å². The van der Waals surface area contributed by atoms with Crippen LogP contribution < -0.4 is 10.5 Å². The van der Waals surface area contributed by atoms with Gasteiger partial charge in [0, 0.05) is 18.6 Å². The molecule has 6 heteroatoms. The molecule has 0 amide bonds. The van der Waals surface area contributed by atoms with Crippen molar-refractivity contribution in [1.82, 2.24) is 9.62 Å². The molecule has 0 spiro atoms. The molecule has 0 unspecified atom stereocenters. The molecule has 0 aromatic heterocycles. The zero-order chi connectivity index (χ0) is 15.4. The molecule has 3 N–H and O–H groups in total. The molecule has 0 aliphatic carbocycles. The molecule has 0 saturated heterocycles. The van der Waals surface area contributed by atoms with Gasteiger partial charge in [-0.3, -0.25) is 0 Å². The van der Waals surface area contributed by atoms with Crippen LogP contribution in [0.2, 0.25) is 0 Å². The minimum atomic E-state index is -3.37. The lowest BCUT2D eigenvalue weighted by Gasteiger charge is -2.32. The number of sulfonamides is 1. The van der Waals surface area contributed by atoms with Crippen LogP contribution in [0, 0.1) is 0 Å². The van der Waals surface area contributed by atoms with E-state index in [1.54, 1.807) is 6.07 Å². The second kappa shape index (κ2) is 6.67. The van der Waals surface area contributed by atoms with Gasteiger partial charge in [-0.05, 0) is 39.1 Å². The largest absolute Gasteiger partial charge is 0.326 e. The second-order valence-corrected chi connectivity index (χ2v) is 7.57. The van der Waals surface area contributed by atoms with Gasteiger partial charge in [-0.25, -0.2) is 13.1 Å². The predicted molar refractivity (Wildman–Crippen MR) is 82.7 cm³/mol. The summed E-state index contributed by atoms with van der Waals surface area (Å²) in [5, 5.41) is 0. The molecule has 0 fully saturated rings. The predicted octanol–water partition coefficient (Wildman–Crippen LogP) is 0.905. The first kappa shape index (κ1) is 17.1. The van der Waals surface area contributed by atoms with Gasteiger partial charge in [0.2, 0.25) is 10.0 Å². The maximum absolute atomic E-state index is 12.2. The molecular formula is C14H25N3O2S. The lowest BCUT2D eigenvalue weighted by molar-refractivity contribution is 0.199. The van der Waals surface area contributed by atoms with Crippen molar-refractivity contribution >= 4 is 10.0 Å². The maximum atomic E-state index is 12.2. The third-order valence-electron chi connectivity index (χ3n) is 3.62. The third kappa shape index (κ3) is 4.86. The van der Waals surface area contributed by atoms with E-state index in [2.05, 4.69) is 4.72 Å². The number of hydrogen-bond acceptors (Lipinski definition) is 4. The van der Waals surface area contributed by atoms with E-state index in [1.165, 1.54) is 0 Å². The first-order chi connectivity index (χ1) is 9.18. The monoisotopic (exact) mass is 299 g/mol. The molecule has 1 aromatic carbocycles. The van der Waals surface area contributed by atoms with Crippen LogP contribution in [0.15, 0.2) is 24.3 Å². The van der Waals surface area contributed by atoms with E-state index in [4.69, 9.17) is 5.73 Å². The summed E-state index contributed by atoms with van der Waals surface area (Å²) in [7, 11) is 0.491. The van der Waals surface area contributed by atoms with E-state index >= 15 is 0 Å². The van der Waals surface area contributed by atoms with E-state index in [0.717, 1.165) is 11.1 Å². The van der Waals surface area contributed by atoms with Crippen LogP contribution in [0.1, 0.15) is 25.0 Å². The van der Waals surface area contributed by atoms with Crippen LogP contribution >= 0.6 is 0 Å². The van der Waals surface area contributed by atoms with E-state index in [1.807, 2.05) is 51.0 Å². The van der Waals surface area contributed by atoms with Crippen molar-refractivity contribution in [2.24, 2.45) is 5.73 Å². The summed E-state index contributed by atoms with van der Waals surface area (Å²) in [6.07, 6.45) is 0. The summed E-state index contributed by atoms with van der Waals surface area (Å²) in [5.41, 5.74) is 7.02. The Balaban J connectivity index is 2.76. The Hall–Kier alpha value is -0.950. The van der Waals surface area contributed by atoms with Gasteiger partial charge in [0.1, 0.15) is 0 Å². The Morgan fingerprint density at radius 2 is 1.75 bits per heavy atom. The van der Waals surface area contributed by atoms with Gasteiger partial charge in [0.05, 0.1) is 5.75 Å². The number of nitrogens with two attached hydrogens (primary N) is 1. The topological polar surface area (TPSA) is 75.4 Å². The molecule has 0 aliphatic heterocycles. The highest BCUT2D eigenvalue weighted by molar-refractivity contribution is 7.88. The zero-order valence-corrected chi connectivity index (χ0v) is 13.5. The van der Waals surface area contributed by atoms with E-state index < -0.39 is 10.0 Å². The number of rotatable bonds is 7. The fraction of sp³-hybridized carbons (Fsp3) is 0.571. The summed E-state index contributed by atoms with van der Waals surface area (Å²) >= 11 is 0. The van der Waals surface area contributed by atoms with Crippen molar-refractivity contribution in [1.29, 1.82) is 0 Å². The molecule has 5 nitrogen and oxygen atoms in total. The average molecular weight is 299 g/mol. The van der Waals surface area contributed by atoms with Crippen molar-refractivity contribution in [3.8, 4) is 0 Å². The highest BCUT2D eigenvalue weighted by atomic mass is 32.2. The maximum Gasteiger partial charge on any atom is 0.215 e. The van der Waals surface area contributed by atoms with Crippen molar-refractivity contribution in [2.75, 3.05) is 20.6 Å². The van der Waals surface area contributed by atoms with Gasteiger partial charge in [0.15, 0.2) is 0 Å². The van der Waals surface area contributed by atoms with Gasteiger partial charge in [-0.1, -0.05) is 24.3 Å². The second-order valence-electron chi connectivity index (χ2n) is 5.76. The fourth-order valence-electron chi connectivity index (χ4n) is 1.60. The molecule has 1 aromatic rings. The van der Waals surface area contributed by atoms with Gasteiger partial charge in [-0.2, -0.15) is 0 Å². The molecule has 1 rings (SSSR count). The molecule has 0 aliphatic rings. The van der Waals surface area contributed by atoms with Crippen LogP contribution in [0.4, 0.5) is 0 Å². The lowest BCUT2D eigenvalue weighted by atomic mass is 10.1. The number of likely N-dealkylation sites (N-methyl/N-ethyl adjacent to an activating group) is 1. The highest BCUT2D eigenvalue weighted by Crippen LogP contribution is 2.13. The lowest BCUT2D eigenvalue weighted by Crippen LogP contribution is -2.48. The fourth-order valence-corrected chi connectivity index (χ4v) is 2.96. The molecule has 20 heavy (non-hydrogen) atoms. The van der Waals surface area contributed by atoms with E-state index in [-0.39, 0.29) is 11.3 Å². The van der Waals surface area contributed by atoms with E-state index in [0.29, 0.717) is 13.1 Å². The van der Waals surface area contributed by atoms with Crippen molar-refractivity contribution in [3.05, 3.63) is 35.4 Å². The number of nitrogens with zero attached hydrogens (tertiary/aromatic N) is 1. The average Bonchev–Trinajstić information content (AvgIpc) is 2.37. The molecule has 0 bridgehead atoms. The molecule has 0 heterocycles. The Morgan fingerprint density at radius 3 is 2.25 bits per heavy atom. The summed E-state index contributed by atoms with van der Waals surface area (Å²) in [4.78, 5) is 1.99. The standard InChI is InChI=1S/C14H25N3O2S/c1-14(2,17(3)4)11-16-20(18,19)10-13-8-6-5-7-12(13)9-15/h5-8,16H,9-11,15H2,1-4H3. The third-order valence-corrected chi connectivity index (χ3v) is 4.89. The number of benzene rings is 1. The van der Waals surface area contributed by atoms with E-state index in [9.17, 15) is 8.42 Å². The van der Waals surface area contributed by atoms with Gasteiger partial charge in [0.25, 0.3) is 0 Å². The summed E-state index contributed by atoms with van der Waals surface area (Å²) in [6, 6.07) is 7.35. The minimum Gasteiger partial charge on any atom is -0.326 e. The summed E-state index contributed by atoms with van der Waals surface area (Å²) in [5.74, 6) is -0.0378. The van der Waals surface area contributed by atoms with Crippen LogP contribution in [0.25, 0.3) is 0 Å². The zero-order valence-electron chi connectivity index (χ0n) is 12.7. The Labute approximate surface area is 122 Å². The van der Waals surface area contributed by atoms with Gasteiger partial charge < -0.3 is 10.6 Å². The highest BCUT2D eigenvalue weighted by Gasteiger charge is 2.23.